The van der Waals surface area contributed by atoms with Gasteiger partial charge in [0.2, 0.25) is 0 Å². The third-order valence-corrected chi connectivity index (χ3v) is 5.21. The van der Waals surface area contributed by atoms with E-state index in [9.17, 15) is 0 Å². The van der Waals surface area contributed by atoms with Crippen LogP contribution < -0.4 is 10.6 Å². The van der Waals surface area contributed by atoms with E-state index in [0.717, 1.165) is 43.3 Å². The van der Waals surface area contributed by atoms with Crippen LogP contribution in [0.2, 0.25) is 0 Å². The number of nitrogens with zero attached hydrogens (tertiary/aromatic N) is 3. The molecule has 0 radical (unpaired) electrons. The van der Waals surface area contributed by atoms with Crippen LogP contribution in [0.1, 0.15) is 43.1 Å². The number of aliphatic imine (C=N–C) groups is 1. The topological polar surface area (TPSA) is 72.7 Å². The highest BCUT2D eigenvalue weighted by Gasteiger charge is 2.41. The average Bonchev–Trinajstić information content (AvgIpc) is 3.27. The maximum absolute atomic E-state index is 5.94. The molecule has 3 unspecified atom stereocenters. The molecular weight excluding hydrogens is 318 g/mol. The lowest BCUT2D eigenvalue weighted by atomic mass is 9.96. The zero-order valence-corrected chi connectivity index (χ0v) is 15.8. The predicted octanol–water partition coefficient (Wildman–Crippen LogP) is 1.52. The lowest BCUT2D eigenvalue weighted by Crippen LogP contribution is -2.47. The van der Waals surface area contributed by atoms with Crippen LogP contribution in [-0.4, -0.2) is 54.3 Å². The molecule has 0 aromatic carbocycles. The Morgan fingerprint density at radius 3 is 2.88 bits per heavy atom. The summed E-state index contributed by atoms with van der Waals surface area (Å²) in [5.41, 5.74) is 3.39. The molecule has 0 aliphatic carbocycles. The maximum atomic E-state index is 5.94. The van der Waals surface area contributed by atoms with E-state index in [1.165, 1.54) is 12.0 Å². The Morgan fingerprint density at radius 1 is 1.40 bits per heavy atom. The van der Waals surface area contributed by atoms with Crippen LogP contribution in [0.25, 0.3) is 0 Å². The summed E-state index contributed by atoms with van der Waals surface area (Å²) >= 11 is 0. The highest BCUT2D eigenvalue weighted by molar-refractivity contribution is 5.80. The molecule has 2 saturated heterocycles. The molecule has 0 saturated carbocycles. The van der Waals surface area contributed by atoms with E-state index in [4.69, 9.17) is 14.5 Å². The first-order chi connectivity index (χ1) is 12.1. The monoisotopic (exact) mass is 349 g/mol. The summed E-state index contributed by atoms with van der Waals surface area (Å²) in [6.45, 7) is 9.15. The van der Waals surface area contributed by atoms with Gasteiger partial charge >= 0.3 is 0 Å². The van der Waals surface area contributed by atoms with Gasteiger partial charge in [-0.05, 0) is 40.0 Å². The molecule has 140 valence electrons. The number of nitrogens with one attached hydrogen (secondary N) is 2. The van der Waals surface area contributed by atoms with E-state index in [1.54, 1.807) is 7.11 Å². The third kappa shape index (κ3) is 4.15. The molecule has 7 nitrogen and oxygen atoms in total. The summed E-state index contributed by atoms with van der Waals surface area (Å²) in [5, 5.41) is 11.5. The van der Waals surface area contributed by atoms with Gasteiger partial charge in [0.25, 0.3) is 0 Å². The first-order valence-corrected chi connectivity index (χ1v) is 9.34. The van der Waals surface area contributed by atoms with E-state index < -0.39 is 0 Å². The van der Waals surface area contributed by atoms with Crippen molar-refractivity contribution in [2.45, 2.75) is 71.4 Å². The lowest BCUT2D eigenvalue weighted by molar-refractivity contribution is 0.0992. The van der Waals surface area contributed by atoms with Crippen LogP contribution >= 0.6 is 0 Å². The average molecular weight is 349 g/mol. The number of rotatable bonds is 7. The Morgan fingerprint density at radius 2 is 2.24 bits per heavy atom. The highest BCUT2D eigenvalue weighted by atomic mass is 16.5. The SMILES string of the molecule is CCNC(=NCc1c(C)nn(CCOC)c1C)NC1CC2CCC1O2. The standard InChI is InChI=1S/C18H31N5O2/c1-5-19-18(21-16-10-14-6-7-17(16)25-14)20-11-15-12(2)22-23(13(15)3)8-9-24-4/h14,16-17H,5-11H2,1-4H3,(H2,19,20,21). The predicted molar refractivity (Wildman–Crippen MR) is 97.8 cm³/mol. The van der Waals surface area contributed by atoms with Crippen LogP contribution in [0, 0.1) is 13.8 Å². The molecule has 1 aromatic rings. The quantitative estimate of drug-likeness (QED) is 0.577. The molecule has 2 aliphatic heterocycles. The first kappa shape index (κ1) is 18.2. The molecule has 1 aromatic heterocycles. The van der Waals surface area contributed by atoms with E-state index in [2.05, 4.69) is 29.6 Å². The van der Waals surface area contributed by atoms with E-state index in [1.807, 2.05) is 11.6 Å². The number of ether oxygens (including phenoxy) is 2. The number of guanidine groups is 1. The van der Waals surface area contributed by atoms with Gasteiger partial charge in [-0.25, -0.2) is 4.99 Å². The summed E-state index contributed by atoms with van der Waals surface area (Å²) in [6.07, 6.45) is 4.23. The van der Waals surface area contributed by atoms with Gasteiger partial charge < -0.3 is 20.1 Å². The van der Waals surface area contributed by atoms with Gasteiger partial charge in [-0.2, -0.15) is 5.10 Å². The van der Waals surface area contributed by atoms with Crippen molar-refractivity contribution in [3.63, 3.8) is 0 Å². The van der Waals surface area contributed by atoms with Crippen LogP contribution in [-0.2, 0) is 22.6 Å². The summed E-state index contributed by atoms with van der Waals surface area (Å²) in [5.74, 6) is 0.868. The fraction of sp³-hybridized carbons (Fsp3) is 0.778. The van der Waals surface area contributed by atoms with Gasteiger partial charge in [-0.1, -0.05) is 0 Å². The van der Waals surface area contributed by atoms with Crippen molar-refractivity contribution in [1.29, 1.82) is 0 Å². The van der Waals surface area contributed by atoms with Crippen molar-refractivity contribution in [3.8, 4) is 0 Å². The third-order valence-electron chi connectivity index (χ3n) is 5.21. The van der Waals surface area contributed by atoms with Gasteiger partial charge in [-0.3, -0.25) is 4.68 Å². The molecule has 3 heterocycles. The molecule has 7 heteroatoms. The number of hydrogen-bond donors (Lipinski definition) is 2. The first-order valence-electron chi connectivity index (χ1n) is 9.34. The fourth-order valence-corrected chi connectivity index (χ4v) is 3.80. The van der Waals surface area contributed by atoms with Crippen LogP contribution in [0.5, 0.6) is 0 Å². The van der Waals surface area contributed by atoms with Crippen LogP contribution in [0.15, 0.2) is 4.99 Å². The van der Waals surface area contributed by atoms with Crippen molar-refractivity contribution in [2.24, 2.45) is 4.99 Å². The van der Waals surface area contributed by atoms with Crippen molar-refractivity contribution in [1.82, 2.24) is 20.4 Å². The number of aromatic nitrogens is 2. The molecule has 0 spiro atoms. The maximum Gasteiger partial charge on any atom is 0.191 e. The van der Waals surface area contributed by atoms with E-state index in [0.29, 0.717) is 31.4 Å². The normalized spacial score (nSPS) is 25.6. The minimum absolute atomic E-state index is 0.342. The zero-order chi connectivity index (χ0) is 17.8. The summed E-state index contributed by atoms with van der Waals surface area (Å²) in [6, 6.07) is 0.378. The second kappa shape index (κ2) is 8.19. The highest BCUT2D eigenvalue weighted by Crippen LogP contribution is 2.34. The molecule has 3 rings (SSSR count). The second-order valence-corrected chi connectivity index (χ2v) is 6.92. The zero-order valence-electron chi connectivity index (χ0n) is 15.8. The van der Waals surface area contributed by atoms with Crippen molar-refractivity contribution >= 4 is 5.96 Å². The summed E-state index contributed by atoms with van der Waals surface area (Å²) < 4.78 is 13.1. The Hall–Kier alpha value is -1.60. The Bertz CT molecular complexity index is 613. The number of fused-ring (bicyclic) bond motifs is 2. The Labute approximate surface area is 150 Å². The summed E-state index contributed by atoms with van der Waals surface area (Å²) in [7, 11) is 1.71. The largest absolute Gasteiger partial charge is 0.383 e. The van der Waals surface area contributed by atoms with E-state index >= 15 is 0 Å². The van der Waals surface area contributed by atoms with Crippen LogP contribution in [0.4, 0.5) is 0 Å². The minimum atomic E-state index is 0.342. The fourth-order valence-electron chi connectivity index (χ4n) is 3.80. The van der Waals surface area contributed by atoms with Gasteiger partial charge in [0.15, 0.2) is 5.96 Å². The molecule has 3 atom stereocenters. The van der Waals surface area contributed by atoms with Gasteiger partial charge in [0.1, 0.15) is 0 Å². The van der Waals surface area contributed by atoms with Gasteiger partial charge in [-0.15, -0.1) is 0 Å². The number of hydrogen-bond acceptors (Lipinski definition) is 4. The Kier molecular flexibility index (Phi) is 5.96. The van der Waals surface area contributed by atoms with Crippen molar-refractivity contribution in [3.05, 3.63) is 17.0 Å². The van der Waals surface area contributed by atoms with Gasteiger partial charge in [0.05, 0.1) is 43.6 Å². The molecule has 2 N–H and O–H groups in total. The summed E-state index contributed by atoms with van der Waals surface area (Å²) in [4.78, 5) is 4.80. The van der Waals surface area contributed by atoms with Crippen molar-refractivity contribution in [2.75, 3.05) is 20.3 Å². The molecule has 2 bridgehead atoms. The molecule has 2 aliphatic rings. The lowest BCUT2D eigenvalue weighted by Gasteiger charge is -2.22. The smallest absolute Gasteiger partial charge is 0.191 e. The van der Waals surface area contributed by atoms with E-state index in [-0.39, 0.29) is 0 Å². The number of methoxy groups -OCH3 is 1. The van der Waals surface area contributed by atoms with Gasteiger partial charge in [0, 0.05) is 24.9 Å². The molecule has 0 amide bonds. The van der Waals surface area contributed by atoms with Crippen molar-refractivity contribution < 1.29 is 9.47 Å². The van der Waals surface area contributed by atoms with Crippen LogP contribution in [0.3, 0.4) is 0 Å². The second-order valence-electron chi connectivity index (χ2n) is 6.92. The Balaban J connectivity index is 1.66. The molecule has 25 heavy (non-hydrogen) atoms. The molecule has 2 fully saturated rings. The number of aryl methyl sites for hydroxylation is 1. The molecular formula is C18H31N5O2. The minimum Gasteiger partial charge on any atom is -0.383 e.